The highest BCUT2D eigenvalue weighted by atomic mass is 19.4. The van der Waals surface area contributed by atoms with E-state index in [-0.39, 0.29) is 12.5 Å². The molecule has 2 aliphatic rings. The van der Waals surface area contributed by atoms with E-state index in [0.717, 1.165) is 44.3 Å². The number of carbonyl (C=O) groups excluding carboxylic acids is 1. The average Bonchev–Trinajstić information content (AvgIpc) is 2.61. The molecule has 1 saturated carbocycles. The summed E-state index contributed by atoms with van der Waals surface area (Å²) in [5.74, 6) is 1.17. The van der Waals surface area contributed by atoms with E-state index in [1.807, 2.05) is 12.4 Å². The molecule has 0 spiro atoms. The highest BCUT2D eigenvalue weighted by molar-refractivity contribution is 5.67. The summed E-state index contributed by atoms with van der Waals surface area (Å²) in [7, 11) is 0. The molecule has 7 nitrogen and oxygen atoms in total. The number of amides is 1. The van der Waals surface area contributed by atoms with Gasteiger partial charge in [0.25, 0.3) is 0 Å². The summed E-state index contributed by atoms with van der Waals surface area (Å²) in [6.07, 6.45) is 1.28. The molecule has 3 rings (SSSR count). The first-order valence-corrected chi connectivity index (χ1v) is 10.1. The van der Waals surface area contributed by atoms with Gasteiger partial charge in [-0.1, -0.05) is 0 Å². The maximum atomic E-state index is 12.3. The number of ether oxygens (including phenoxy) is 1. The molecular formula is C19H28F3N5O2. The van der Waals surface area contributed by atoms with Crippen LogP contribution in [0, 0.1) is 5.92 Å². The van der Waals surface area contributed by atoms with Gasteiger partial charge >= 0.3 is 12.3 Å². The quantitative estimate of drug-likeness (QED) is 0.634. The van der Waals surface area contributed by atoms with E-state index in [2.05, 4.69) is 25.9 Å². The number of nitrogens with one attached hydrogen (secondary N) is 3. The van der Waals surface area contributed by atoms with E-state index in [0.29, 0.717) is 17.9 Å². The SMILES string of the molecule is C[C@@H](CC(F)(F)F)NC(=O)OCC1CC(c2cnc(NC3CCNCC3)nc2)C1. The van der Waals surface area contributed by atoms with Crippen molar-refractivity contribution in [1.82, 2.24) is 20.6 Å². The van der Waals surface area contributed by atoms with Gasteiger partial charge in [-0.3, -0.25) is 0 Å². The van der Waals surface area contributed by atoms with Crippen LogP contribution in [0.15, 0.2) is 12.4 Å². The Bertz CT molecular complexity index is 659. The highest BCUT2D eigenvalue weighted by Gasteiger charge is 2.33. The molecule has 1 aliphatic carbocycles. The zero-order chi connectivity index (χ0) is 20.9. The number of carbonyl (C=O) groups is 1. The molecule has 1 aromatic rings. The van der Waals surface area contributed by atoms with Gasteiger partial charge in [-0.25, -0.2) is 14.8 Å². The van der Waals surface area contributed by atoms with Gasteiger partial charge in [-0.2, -0.15) is 13.2 Å². The Hall–Kier alpha value is -2.10. The molecule has 0 aromatic carbocycles. The van der Waals surface area contributed by atoms with Crippen molar-refractivity contribution in [3.8, 4) is 0 Å². The minimum atomic E-state index is -4.31. The fourth-order valence-electron chi connectivity index (χ4n) is 3.75. The topological polar surface area (TPSA) is 88.2 Å². The second kappa shape index (κ2) is 9.60. The predicted octanol–water partition coefficient (Wildman–Crippen LogP) is 3.20. The third-order valence-corrected chi connectivity index (χ3v) is 5.40. The molecule has 2 heterocycles. The van der Waals surface area contributed by atoms with Crippen LogP contribution >= 0.6 is 0 Å². The second-order valence-electron chi connectivity index (χ2n) is 8.01. The summed E-state index contributed by atoms with van der Waals surface area (Å²) in [6, 6.07) is -0.608. The summed E-state index contributed by atoms with van der Waals surface area (Å²) in [4.78, 5) is 20.4. The van der Waals surface area contributed by atoms with E-state index < -0.39 is 24.7 Å². The van der Waals surface area contributed by atoms with Gasteiger partial charge in [-0.05, 0) is 63.1 Å². The maximum Gasteiger partial charge on any atom is 0.407 e. The number of halogens is 3. The zero-order valence-corrected chi connectivity index (χ0v) is 16.5. The lowest BCUT2D eigenvalue weighted by molar-refractivity contribution is -0.138. The molecule has 1 aliphatic heterocycles. The van der Waals surface area contributed by atoms with E-state index in [1.165, 1.54) is 6.92 Å². The van der Waals surface area contributed by atoms with Gasteiger partial charge in [0.2, 0.25) is 5.95 Å². The molecule has 1 aromatic heterocycles. The predicted molar refractivity (Wildman–Crippen MR) is 102 cm³/mol. The lowest BCUT2D eigenvalue weighted by Gasteiger charge is -2.35. The molecule has 3 N–H and O–H groups in total. The molecule has 1 saturated heterocycles. The van der Waals surface area contributed by atoms with Crippen LogP contribution in [0.5, 0.6) is 0 Å². The van der Waals surface area contributed by atoms with Crippen LogP contribution in [0.1, 0.15) is 50.5 Å². The maximum absolute atomic E-state index is 12.3. The van der Waals surface area contributed by atoms with Crippen molar-refractivity contribution in [3.63, 3.8) is 0 Å². The molecule has 0 unspecified atom stereocenters. The van der Waals surface area contributed by atoms with Crippen LogP contribution in [0.4, 0.5) is 23.9 Å². The Kier molecular flexibility index (Phi) is 7.15. The van der Waals surface area contributed by atoms with Crippen LogP contribution in [0.25, 0.3) is 0 Å². The zero-order valence-electron chi connectivity index (χ0n) is 16.5. The van der Waals surface area contributed by atoms with E-state index >= 15 is 0 Å². The minimum absolute atomic E-state index is 0.205. The molecule has 0 bridgehead atoms. The van der Waals surface area contributed by atoms with E-state index in [1.54, 1.807) is 0 Å². The van der Waals surface area contributed by atoms with Gasteiger partial charge in [0.1, 0.15) is 0 Å². The lowest BCUT2D eigenvalue weighted by Crippen LogP contribution is -2.38. The second-order valence-corrected chi connectivity index (χ2v) is 8.01. The van der Waals surface area contributed by atoms with Gasteiger partial charge in [0, 0.05) is 24.5 Å². The largest absolute Gasteiger partial charge is 0.449 e. The smallest absolute Gasteiger partial charge is 0.407 e. The van der Waals surface area contributed by atoms with Crippen LogP contribution in [-0.4, -0.2) is 54.0 Å². The monoisotopic (exact) mass is 415 g/mol. The van der Waals surface area contributed by atoms with E-state index in [4.69, 9.17) is 4.74 Å². The van der Waals surface area contributed by atoms with Gasteiger partial charge in [0.05, 0.1) is 13.0 Å². The van der Waals surface area contributed by atoms with Crippen LogP contribution in [0.3, 0.4) is 0 Å². The number of hydrogen-bond acceptors (Lipinski definition) is 6. The van der Waals surface area contributed by atoms with Crippen molar-refractivity contribution >= 4 is 12.0 Å². The third kappa shape index (κ3) is 7.02. The molecule has 1 atom stereocenters. The van der Waals surface area contributed by atoms with Crippen LogP contribution in [-0.2, 0) is 4.74 Å². The molecule has 2 fully saturated rings. The first kappa shape index (κ1) is 21.6. The number of alkyl halides is 3. The Morgan fingerprint density at radius 3 is 2.55 bits per heavy atom. The van der Waals surface area contributed by atoms with Crippen molar-refractivity contribution in [2.24, 2.45) is 5.92 Å². The molecule has 29 heavy (non-hydrogen) atoms. The Labute approximate surface area is 168 Å². The number of alkyl carbamates (subject to hydrolysis) is 1. The van der Waals surface area contributed by atoms with Crippen molar-refractivity contribution in [3.05, 3.63) is 18.0 Å². The van der Waals surface area contributed by atoms with Crippen LogP contribution in [0.2, 0.25) is 0 Å². The lowest BCUT2D eigenvalue weighted by atomic mass is 9.72. The van der Waals surface area contributed by atoms with Crippen molar-refractivity contribution in [1.29, 1.82) is 0 Å². The molecular weight excluding hydrogens is 387 g/mol. The number of nitrogens with zero attached hydrogens (tertiary/aromatic N) is 2. The number of anilines is 1. The van der Waals surface area contributed by atoms with Gasteiger partial charge in [0.15, 0.2) is 0 Å². The molecule has 1 amide bonds. The van der Waals surface area contributed by atoms with Gasteiger partial charge < -0.3 is 20.7 Å². The number of aromatic nitrogens is 2. The average molecular weight is 415 g/mol. The summed E-state index contributed by atoms with van der Waals surface area (Å²) >= 11 is 0. The molecule has 0 radical (unpaired) electrons. The first-order chi connectivity index (χ1) is 13.8. The summed E-state index contributed by atoms with van der Waals surface area (Å²) < 4.78 is 41.9. The van der Waals surface area contributed by atoms with E-state index in [9.17, 15) is 18.0 Å². The van der Waals surface area contributed by atoms with Crippen molar-refractivity contribution in [2.45, 2.75) is 63.2 Å². The van der Waals surface area contributed by atoms with Gasteiger partial charge in [-0.15, -0.1) is 0 Å². The normalized spacial score (nSPS) is 23.7. The number of rotatable bonds is 7. The minimum Gasteiger partial charge on any atom is -0.449 e. The number of hydrogen-bond donors (Lipinski definition) is 3. The van der Waals surface area contributed by atoms with Crippen LogP contribution < -0.4 is 16.0 Å². The Morgan fingerprint density at radius 2 is 1.93 bits per heavy atom. The molecule has 10 heteroatoms. The fourth-order valence-corrected chi connectivity index (χ4v) is 3.75. The summed E-state index contributed by atoms with van der Waals surface area (Å²) in [6.45, 7) is 3.51. The summed E-state index contributed by atoms with van der Waals surface area (Å²) in [5.41, 5.74) is 1.06. The molecule has 162 valence electrons. The van der Waals surface area contributed by atoms with Crippen molar-refractivity contribution in [2.75, 3.05) is 25.0 Å². The third-order valence-electron chi connectivity index (χ3n) is 5.40. The number of piperidine rings is 1. The Morgan fingerprint density at radius 1 is 1.28 bits per heavy atom. The highest BCUT2D eigenvalue weighted by Crippen LogP contribution is 2.41. The van der Waals surface area contributed by atoms with Crippen molar-refractivity contribution < 1.29 is 22.7 Å². The summed E-state index contributed by atoms with van der Waals surface area (Å²) in [5, 5.41) is 8.89. The first-order valence-electron chi connectivity index (χ1n) is 10.1. The fraction of sp³-hybridized carbons (Fsp3) is 0.737. The Balaban J connectivity index is 1.33. The standard InChI is InChI=1S/C19H28F3N5O2/c1-12(8-19(20,21)22)26-18(28)29-11-13-6-14(7-13)15-9-24-17(25-10-15)27-16-2-4-23-5-3-16/h9-10,12-14,16,23H,2-8,11H2,1H3,(H,26,28)(H,24,25,27)/t12-,13?,14?/m0/s1.